The average molecular weight is 345 g/mol. The number of hydrogen-bond acceptors (Lipinski definition) is 5. The van der Waals surface area contributed by atoms with E-state index >= 15 is 0 Å². The second kappa shape index (κ2) is 6.13. The van der Waals surface area contributed by atoms with Crippen molar-refractivity contribution in [1.29, 1.82) is 0 Å². The molecule has 0 atom stereocenters. The largest absolute Gasteiger partial charge is 0.512 e. The molecule has 0 fully saturated rings. The highest BCUT2D eigenvalue weighted by Crippen LogP contribution is 2.22. The number of nitrogens with one attached hydrogen (secondary N) is 1. The van der Waals surface area contributed by atoms with E-state index in [-0.39, 0.29) is 0 Å². The van der Waals surface area contributed by atoms with Crippen molar-refractivity contribution in [2.75, 3.05) is 0 Å². The quantitative estimate of drug-likeness (QED) is 0.844. The van der Waals surface area contributed by atoms with Crippen LogP contribution in [0.3, 0.4) is 0 Å². The van der Waals surface area contributed by atoms with Gasteiger partial charge in [-0.3, -0.25) is 4.18 Å². The minimum Gasteiger partial charge on any atom is -0.253 e. The summed E-state index contributed by atoms with van der Waals surface area (Å²) in [7, 11) is -11.2. The van der Waals surface area contributed by atoms with E-state index < -0.39 is 32.4 Å². The first-order valence-electron chi connectivity index (χ1n) is 5.17. The van der Waals surface area contributed by atoms with Crippen LogP contribution in [-0.4, -0.2) is 22.3 Å². The lowest BCUT2D eigenvalue weighted by molar-refractivity contribution is -0.0442. The SMILES string of the molecule is C=Cc1cccc(COS(=O)(=O)NS(=O)(=O)C(F)(F)F)c1. The Kier molecular flexibility index (Phi) is 5.15. The molecule has 0 saturated heterocycles. The predicted octanol–water partition coefficient (Wildman–Crippen LogP) is 1.53. The van der Waals surface area contributed by atoms with Gasteiger partial charge in [0, 0.05) is 0 Å². The minimum atomic E-state index is -6.05. The summed E-state index contributed by atoms with van der Waals surface area (Å²) < 4.78 is 84.5. The third kappa shape index (κ3) is 5.12. The standard InChI is InChI=1S/C10H10F3NO5S2/c1-2-8-4-3-5-9(6-8)7-19-21(17,18)14-20(15,16)10(11,12)13/h2-6,14H,1,7H2. The van der Waals surface area contributed by atoms with E-state index in [4.69, 9.17) is 0 Å². The van der Waals surface area contributed by atoms with Gasteiger partial charge in [-0.25, -0.2) is 8.42 Å². The summed E-state index contributed by atoms with van der Waals surface area (Å²) in [5.41, 5.74) is -4.82. The van der Waals surface area contributed by atoms with Crippen LogP contribution in [0.5, 0.6) is 0 Å². The summed E-state index contributed by atoms with van der Waals surface area (Å²) in [6.45, 7) is 2.85. The van der Waals surface area contributed by atoms with Gasteiger partial charge in [0.25, 0.3) is 0 Å². The van der Waals surface area contributed by atoms with Crippen LogP contribution in [0.25, 0.3) is 6.08 Å². The zero-order valence-electron chi connectivity index (χ0n) is 10.3. The van der Waals surface area contributed by atoms with Gasteiger partial charge in [0.2, 0.25) is 0 Å². The Morgan fingerprint density at radius 2 is 1.86 bits per heavy atom. The van der Waals surface area contributed by atoms with Crippen LogP contribution in [0.2, 0.25) is 0 Å². The molecule has 0 amide bonds. The first kappa shape index (κ1) is 17.6. The molecule has 6 nitrogen and oxygen atoms in total. The third-order valence-corrected chi connectivity index (χ3v) is 4.82. The fraction of sp³-hybridized carbons (Fsp3) is 0.200. The van der Waals surface area contributed by atoms with Crippen LogP contribution < -0.4 is 4.13 Å². The van der Waals surface area contributed by atoms with E-state index in [1.807, 2.05) is 0 Å². The third-order valence-electron chi connectivity index (χ3n) is 2.08. The van der Waals surface area contributed by atoms with E-state index in [1.165, 1.54) is 18.2 Å². The molecule has 1 N–H and O–H groups in total. The second-order valence-corrected chi connectivity index (χ2v) is 6.98. The van der Waals surface area contributed by atoms with E-state index in [9.17, 15) is 30.0 Å². The van der Waals surface area contributed by atoms with Gasteiger partial charge in [0.05, 0.1) is 6.61 Å². The lowest BCUT2D eigenvalue weighted by atomic mass is 10.1. The van der Waals surface area contributed by atoms with Crippen LogP contribution >= 0.6 is 0 Å². The molecule has 1 aromatic rings. The fourth-order valence-electron chi connectivity index (χ4n) is 1.16. The van der Waals surface area contributed by atoms with Crippen LogP contribution in [-0.2, 0) is 31.1 Å². The summed E-state index contributed by atoms with van der Waals surface area (Å²) in [5.74, 6) is 0. The molecular weight excluding hydrogens is 335 g/mol. The molecule has 118 valence electrons. The van der Waals surface area contributed by atoms with Gasteiger partial charge in [0.1, 0.15) is 0 Å². The second-order valence-electron chi connectivity index (χ2n) is 3.70. The lowest BCUT2D eigenvalue weighted by Gasteiger charge is -2.10. The molecule has 0 radical (unpaired) electrons. The lowest BCUT2D eigenvalue weighted by Crippen LogP contribution is -2.40. The van der Waals surface area contributed by atoms with Crippen molar-refractivity contribution in [2.45, 2.75) is 12.1 Å². The smallest absolute Gasteiger partial charge is 0.253 e. The maximum absolute atomic E-state index is 12.0. The topological polar surface area (TPSA) is 89.5 Å². The molecule has 0 aliphatic rings. The molecule has 11 heteroatoms. The number of hydrogen-bond donors (Lipinski definition) is 1. The molecule has 0 aromatic heterocycles. The highest BCUT2D eigenvalue weighted by molar-refractivity contribution is 8.03. The number of alkyl halides is 3. The van der Waals surface area contributed by atoms with Crippen LogP contribution in [0.4, 0.5) is 13.2 Å². The summed E-state index contributed by atoms with van der Waals surface area (Å²) in [5, 5.41) is 0. The van der Waals surface area contributed by atoms with Crippen LogP contribution in [0.15, 0.2) is 30.8 Å². The van der Waals surface area contributed by atoms with Crippen molar-refractivity contribution in [3.8, 4) is 0 Å². The normalized spacial score (nSPS) is 13.1. The molecule has 21 heavy (non-hydrogen) atoms. The van der Waals surface area contributed by atoms with Gasteiger partial charge in [-0.1, -0.05) is 35.0 Å². The van der Waals surface area contributed by atoms with Gasteiger partial charge < -0.3 is 0 Å². The number of benzene rings is 1. The number of rotatable bonds is 6. The molecule has 1 rings (SSSR count). The van der Waals surface area contributed by atoms with E-state index in [1.54, 1.807) is 12.1 Å². The highest BCUT2D eigenvalue weighted by Gasteiger charge is 2.48. The Hall–Kier alpha value is -1.43. The van der Waals surface area contributed by atoms with Crippen molar-refractivity contribution in [1.82, 2.24) is 4.13 Å². The van der Waals surface area contributed by atoms with E-state index in [0.29, 0.717) is 15.3 Å². The number of sulfonamides is 1. The highest BCUT2D eigenvalue weighted by atomic mass is 32.3. The fourth-order valence-corrected chi connectivity index (χ4v) is 3.10. The van der Waals surface area contributed by atoms with Crippen molar-refractivity contribution in [3.63, 3.8) is 0 Å². The van der Waals surface area contributed by atoms with Crippen molar-refractivity contribution < 1.29 is 34.2 Å². The van der Waals surface area contributed by atoms with Crippen molar-refractivity contribution in [2.24, 2.45) is 0 Å². The van der Waals surface area contributed by atoms with Gasteiger partial charge in [-0.15, -0.1) is 0 Å². The molecule has 0 heterocycles. The maximum Gasteiger partial charge on any atom is 0.512 e. The molecule has 0 saturated carbocycles. The van der Waals surface area contributed by atoms with E-state index in [2.05, 4.69) is 10.8 Å². The van der Waals surface area contributed by atoms with Crippen LogP contribution in [0, 0.1) is 0 Å². The van der Waals surface area contributed by atoms with Crippen LogP contribution in [0.1, 0.15) is 11.1 Å². The van der Waals surface area contributed by atoms with Gasteiger partial charge in [-0.05, 0) is 17.2 Å². The Labute approximate surface area is 119 Å². The van der Waals surface area contributed by atoms with E-state index in [0.717, 1.165) is 0 Å². The molecule has 0 aliphatic heterocycles. The summed E-state index contributed by atoms with van der Waals surface area (Å²) in [6, 6.07) is 6.11. The Bertz CT molecular complexity index is 725. The molecule has 0 spiro atoms. The Morgan fingerprint density at radius 3 is 2.38 bits per heavy atom. The molecular formula is C10H10F3NO5S2. The summed E-state index contributed by atoms with van der Waals surface area (Å²) in [6.07, 6.45) is 1.46. The Balaban J connectivity index is 2.80. The average Bonchev–Trinajstić information content (AvgIpc) is 2.34. The van der Waals surface area contributed by atoms with Crippen molar-refractivity contribution in [3.05, 3.63) is 42.0 Å². The summed E-state index contributed by atoms with van der Waals surface area (Å²) in [4.78, 5) is 0. The van der Waals surface area contributed by atoms with Gasteiger partial charge >= 0.3 is 25.8 Å². The van der Waals surface area contributed by atoms with Crippen molar-refractivity contribution >= 4 is 26.4 Å². The molecule has 0 aliphatic carbocycles. The minimum absolute atomic E-state index is 0.308. The molecule has 1 aromatic carbocycles. The molecule has 0 bridgehead atoms. The number of halogens is 3. The monoisotopic (exact) mass is 345 g/mol. The first-order chi connectivity index (χ1) is 9.47. The zero-order chi connectivity index (χ0) is 16.3. The van der Waals surface area contributed by atoms with Gasteiger partial charge in [0.15, 0.2) is 0 Å². The Morgan fingerprint density at radius 1 is 1.24 bits per heavy atom. The molecule has 0 unspecified atom stereocenters. The maximum atomic E-state index is 12.0. The zero-order valence-corrected chi connectivity index (χ0v) is 11.9. The summed E-state index contributed by atoms with van der Waals surface area (Å²) >= 11 is 0. The van der Waals surface area contributed by atoms with Gasteiger partial charge in [-0.2, -0.15) is 21.6 Å². The predicted molar refractivity (Wildman–Crippen MR) is 68.4 cm³/mol. The first-order valence-corrected chi connectivity index (χ1v) is 8.06.